The fraction of sp³-hybridized carbons (Fsp3) is 0.368. The van der Waals surface area contributed by atoms with Crippen LogP contribution in [0.4, 0.5) is 0 Å². The second kappa shape index (κ2) is 7.32. The van der Waals surface area contributed by atoms with Crippen LogP contribution in [0, 0.1) is 6.92 Å². The van der Waals surface area contributed by atoms with Crippen LogP contribution < -0.4 is 16.3 Å². The number of hydrogen-bond acceptors (Lipinski definition) is 6. The minimum Gasteiger partial charge on any atom is -0.427 e. The molecule has 2 N–H and O–H groups in total. The van der Waals surface area contributed by atoms with Gasteiger partial charge in [-0.25, -0.2) is 9.78 Å². The summed E-state index contributed by atoms with van der Waals surface area (Å²) in [5.74, 6) is 0.368. The van der Waals surface area contributed by atoms with Gasteiger partial charge < -0.3 is 19.5 Å². The van der Waals surface area contributed by atoms with E-state index in [1.807, 2.05) is 16.7 Å². The van der Waals surface area contributed by atoms with E-state index in [2.05, 4.69) is 20.6 Å². The quantitative estimate of drug-likeness (QED) is 0.723. The first kappa shape index (κ1) is 17.4. The van der Waals surface area contributed by atoms with Gasteiger partial charge in [-0.1, -0.05) is 0 Å². The molecule has 0 aliphatic carbocycles. The van der Waals surface area contributed by atoms with E-state index in [4.69, 9.17) is 4.42 Å². The van der Waals surface area contributed by atoms with E-state index in [9.17, 15) is 9.59 Å². The number of nitrogens with one attached hydrogen (secondary N) is 2. The Morgan fingerprint density at radius 1 is 1.48 bits per heavy atom. The molecule has 8 nitrogen and oxygen atoms in total. The van der Waals surface area contributed by atoms with Crippen molar-refractivity contribution in [2.24, 2.45) is 0 Å². The molecule has 1 fully saturated rings. The maximum absolute atomic E-state index is 12.5. The normalized spacial score (nSPS) is 17.1. The fourth-order valence-electron chi connectivity index (χ4n) is 3.44. The molecule has 1 atom stereocenters. The van der Waals surface area contributed by atoms with E-state index >= 15 is 0 Å². The molecule has 0 bridgehead atoms. The van der Waals surface area contributed by atoms with Crippen LogP contribution in [0.15, 0.2) is 40.1 Å². The molecule has 0 aromatic carbocycles. The van der Waals surface area contributed by atoms with Crippen LogP contribution in [0.2, 0.25) is 0 Å². The third-order valence-electron chi connectivity index (χ3n) is 4.84. The minimum atomic E-state index is -0.590. The first-order valence-corrected chi connectivity index (χ1v) is 9.03. The van der Waals surface area contributed by atoms with Gasteiger partial charge in [0.05, 0.1) is 18.4 Å². The third-order valence-corrected chi connectivity index (χ3v) is 4.84. The molecule has 4 rings (SSSR count). The number of aryl methyl sites for hydroxylation is 1. The molecule has 4 heterocycles. The van der Waals surface area contributed by atoms with Crippen molar-refractivity contribution in [1.29, 1.82) is 0 Å². The van der Waals surface area contributed by atoms with E-state index in [0.717, 1.165) is 25.9 Å². The summed E-state index contributed by atoms with van der Waals surface area (Å²) < 4.78 is 7.29. The Morgan fingerprint density at radius 2 is 2.37 bits per heavy atom. The van der Waals surface area contributed by atoms with Gasteiger partial charge in [-0.2, -0.15) is 0 Å². The van der Waals surface area contributed by atoms with Gasteiger partial charge in [0.25, 0.3) is 5.91 Å². The average molecular weight is 367 g/mol. The molecule has 3 aromatic rings. The molecular weight excluding hydrogens is 346 g/mol. The Kier molecular flexibility index (Phi) is 4.72. The molecule has 0 radical (unpaired) electrons. The number of piperidine rings is 1. The molecule has 1 amide bonds. The zero-order valence-electron chi connectivity index (χ0n) is 15.1. The number of imidazole rings is 1. The van der Waals surface area contributed by atoms with Crippen molar-refractivity contribution in [3.05, 3.63) is 63.9 Å². The molecule has 1 unspecified atom stereocenters. The molecule has 1 aliphatic heterocycles. The monoisotopic (exact) mass is 367 g/mol. The maximum atomic E-state index is 12.5. The van der Waals surface area contributed by atoms with Crippen LogP contribution in [-0.2, 0) is 6.54 Å². The number of rotatable bonds is 4. The second-order valence-electron chi connectivity index (χ2n) is 6.79. The van der Waals surface area contributed by atoms with Crippen LogP contribution in [0.1, 0.15) is 46.1 Å². The molecule has 27 heavy (non-hydrogen) atoms. The lowest BCUT2D eigenvalue weighted by Crippen LogP contribution is -2.31. The maximum Gasteiger partial charge on any atom is 0.349 e. The molecule has 3 aromatic heterocycles. The van der Waals surface area contributed by atoms with Gasteiger partial charge in [0, 0.05) is 31.1 Å². The highest BCUT2D eigenvalue weighted by Gasteiger charge is 2.22. The van der Waals surface area contributed by atoms with Crippen LogP contribution in [0.5, 0.6) is 0 Å². The SMILES string of the molecule is Cc1cc(C2CCCNC2)oc(=O)c1C(=O)NCc1cn2ccncc2n1. The Morgan fingerprint density at radius 3 is 3.11 bits per heavy atom. The lowest BCUT2D eigenvalue weighted by atomic mass is 9.95. The van der Waals surface area contributed by atoms with E-state index in [0.29, 0.717) is 22.7 Å². The van der Waals surface area contributed by atoms with Crippen molar-refractivity contribution in [2.75, 3.05) is 13.1 Å². The van der Waals surface area contributed by atoms with Gasteiger partial charge in [0.15, 0.2) is 5.65 Å². The molecule has 0 spiro atoms. The van der Waals surface area contributed by atoms with Gasteiger partial charge in [-0.3, -0.25) is 9.78 Å². The van der Waals surface area contributed by atoms with E-state index in [1.54, 1.807) is 25.5 Å². The number of hydrogen-bond donors (Lipinski definition) is 2. The van der Waals surface area contributed by atoms with Gasteiger partial charge in [0.2, 0.25) is 0 Å². The number of fused-ring (bicyclic) bond motifs is 1. The Bertz CT molecular complexity index is 1000. The Labute approximate surface area is 155 Å². The smallest absolute Gasteiger partial charge is 0.349 e. The molecule has 1 saturated heterocycles. The summed E-state index contributed by atoms with van der Waals surface area (Å²) in [7, 11) is 0. The topological polar surface area (TPSA) is 102 Å². The highest BCUT2D eigenvalue weighted by molar-refractivity contribution is 5.95. The highest BCUT2D eigenvalue weighted by atomic mass is 16.4. The number of aromatic nitrogens is 3. The summed E-state index contributed by atoms with van der Waals surface area (Å²) in [6.45, 7) is 3.76. The third kappa shape index (κ3) is 3.61. The van der Waals surface area contributed by atoms with Crippen molar-refractivity contribution >= 4 is 11.6 Å². The molecule has 8 heteroatoms. The fourth-order valence-corrected chi connectivity index (χ4v) is 3.44. The summed E-state index contributed by atoms with van der Waals surface area (Å²) in [5, 5.41) is 6.05. The van der Waals surface area contributed by atoms with Crippen molar-refractivity contribution in [2.45, 2.75) is 32.2 Å². The summed E-state index contributed by atoms with van der Waals surface area (Å²) in [6.07, 6.45) is 8.92. The second-order valence-corrected chi connectivity index (χ2v) is 6.79. The molecule has 140 valence electrons. The van der Waals surface area contributed by atoms with Crippen LogP contribution >= 0.6 is 0 Å². The zero-order valence-corrected chi connectivity index (χ0v) is 15.1. The lowest BCUT2D eigenvalue weighted by Gasteiger charge is -2.22. The first-order valence-electron chi connectivity index (χ1n) is 9.03. The highest BCUT2D eigenvalue weighted by Crippen LogP contribution is 2.23. The van der Waals surface area contributed by atoms with Gasteiger partial charge in [-0.15, -0.1) is 0 Å². The van der Waals surface area contributed by atoms with E-state index in [1.165, 1.54) is 0 Å². The zero-order chi connectivity index (χ0) is 18.8. The van der Waals surface area contributed by atoms with Crippen molar-refractivity contribution < 1.29 is 9.21 Å². The van der Waals surface area contributed by atoms with Gasteiger partial charge in [-0.05, 0) is 37.9 Å². The summed E-state index contributed by atoms with van der Waals surface area (Å²) in [6, 6.07) is 1.81. The largest absolute Gasteiger partial charge is 0.427 e. The molecule has 1 aliphatic rings. The average Bonchev–Trinajstić information content (AvgIpc) is 3.09. The first-order chi connectivity index (χ1) is 13.1. The standard InChI is InChI=1S/C19H21N5O3/c1-12-7-15(13-3-2-4-20-8-13)27-19(26)17(12)18(25)22-9-14-11-24-6-5-21-10-16(24)23-14/h5-7,10-11,13,20H,2-4,8-9H2,1H3,(H,22,25). The van der Waals surface area contributed by atoms with Crippen molar-refractivity contribution in [3.8, 4) is 0 Å². The van der Waals surface area contributed by atoms with E-state index < -0.39 is 11.5 Å². The van der Waals surface area contributed by atoms with Gasteiger partial charge in [0.1, 0.15) is 11.3 Å². The summed E-state index contributed by atoms with van der Waals surface area (Å²) >= 11 is 0. The minimum absolute atomic E-state index is 0.0490. The number of nitrogens with zero attached hydrogens (tertiary/aromatic N) is 3. The molecule has 0 saturated carbocycles. The van der Waals surface area contributed by atoms with Crippen molar-refractivity contribution in [3.63, 3.8) is 0 Å². The van der Waals surface area contributed by atoms with Crippen LogP contribution in [0.3, 0.4) is 0 Å². The van der Waals surface area contributed by atoms with Crippen LogP contribution in [-0.4, -0.2) is 33.4 Å². The van der Waals surface area contributed by atoms with Crippen LogP contribution in [0.25, 0.3) is 5.65 Å². The number of amides is 1. The van der Waals surface area contributed by atoms with E-state index in [-0.39, 0.29) is 18.0 Å². The Balaban J connectivity index is 1.50. The number of carbonyl (C=O) groups is 1. The summed E-state index contributed by atoms with van der Waals surface area (Å²) in [4.78, 5) is 33.3. The van der Waals surface area contributed by atoms with Crippen molar-refractivity contribution in [1.82, 2.24) is 25.0 Å². The predicted molar refractivity (Wildman–Crippen MR) is 98.7 cm³/mol. The predicted octanol–water partition coefficient (Wildman–Crippen LogP) is 1.39. The Hall–Kier alpha value is -3.00. The summed E-state index contributed by atoms with van der Waals surface area (Å²) in [5.41, 5.74) is 1.47. The van der Waals surface area contributed by atoms with Gasteiger partial charge >= 0.3 is 5.63 Å². The number of carbonyl (C=O) groups excluding carboxylic acids is 1. The lowest BCUT2D eigenvalue weighted by molar-refractivity contribution is 0.0945. The molecular formula is C19H21N5O3.